The highest BCUT2D eigenvalue weighted by Crippen LogP contribution is 2.16. The summed E-state index contributed by atoms with van der Waals surface area (Å²) in [5, 5.41) is 2.65. The number of carbonyl (C=O) groups is 2. The lowest BCUT2D eigenvalue weighted by molar-refractivity contribution is -0.154. The van der Waals surface area contributed by atoms with Crippen LogP contribution in [0.25, 0.3) is 0 Å². The van der Waals surface area contributed by atoms with Gasteiger partial charge in [0.05, 0.1) is 7.11 Å². The number of para-hydroxylation sites is 1. The molecular weight excluding hydrogens is 341 g/mol. The van der Waals surface area contributed by atoms with Gasteiger partial charge in [-0.2, -0.15) is 0 Å². The summed E-state index contributed by atoms with van der Waals surface area (Å²) in [7, 11) is 1.55. The number of halogens is 1. The summed E-state index contributed by atoms with van der Waals surface area (Å²) in [6.07, 6.45) is -0.928. The Morgan fingerprint density at radius 1 is 1.12 bits per heavy atom. The third-order valence-electron chi connectivity index (χ3n) is 3.47. The van der Waals surface area contributed by atoms with Crippen LogP contribution >= 0.6 is 0 Å². The van der Waals surface area contributed by atoms with E-state index in [-0.39, 0.29) is 6.54 Å². The molecule has 0 unspecified atom stereocenters. The summed E-state index contributed by atoms with van der Waals surface area (Å²) in [5.74, 6) is -0.554. The number of methoxy groups -OCH3 is 1. The van der Waals surface area contributed by atoms with Crippen LogP contribution in [0, 0.1) is 5.82 Å². The quantitative estimate of drug-likeness (QED) is 0.731. The summed E-state index contributed by atoms with van der Waals surface area (Å²) >= 11 is 0. The zero-order valence-corrected chi connectivity index (χ0v) is 14.5. The molecule has 0 aliphatic rings. The molecule has 1 N–H and O–H groups in total. The van der Waals surface area contributed by atoms with E-state index in [1.807, 2.05) is 18.2 Å². The zero-order chi connectivity index (χ0) is 18.9. The van der Waals surface area contributed by atoms with E-state index >= 15 is 0 Å². The van der Waals surface area contributed by atoms with Gasteiger partial charge in [-0.15, -0.1) is 0 Å². The lowest BCUT2D eigenvalue weighted by Gasteiger charge is -2.14. The molecule has 0 fully saturated rings. The lowest BCUT2D eigenvalue weighted by Crippen LogP contribution is -2.32. The molecule has 7 heteroatoms. The molecule has 0 aliphatic carbocycles. The maximum atomic E-state index is 12.8. The number of esters is 1. The molecule has 0 saturated heterocycles. The van der Waals surface area contributed by atoms with E-state index in [0.717, 1.165) is 5.56 Å². The van der Waals surface area contributed by atoms with E-state index in [9.17, 15) is 14.0 Å². The largest absolute Gasteiger partial charge is 0.496 e. The second-order valence-electron chi connectivity index (χ2n) is 5.41. The first-order valence-electron chi connectivity index (χ1n) is 7.97. The molecule has 1 amide bonds. The maximum Gasteiger partial charge on any atom is 0.347 e. The maximum absolute atomic E-state index is 12.8. The number of amides is 1. The predicted molar refractivity (Wildman–Crippen MR) is 92.3 cm³/mol. The van der Waals surface area contributed by atoms with Gasteiger partial charge in [-0.05, 0) is 37.3 Å². The van der Waals surface area contributed by atoms with E-state index in [0.29, 0.717) is 11.5 Å². The van der Waals surface area contributed by atoms with Crippen molar-refractivity contribution in [3.63, 3.8) is 0 Å². The fourth-order valence-electron chi connectivity index (χ4n) is 2.11. The Bertz CT molecular complexity index is 748. The van der Waals surface area contributed by atoms with Gasteiger partial charge in [0.15, 0.2) is 12.7 Å². The van der Waals surface area contributed by atoms with E-state index < -0.39 is 30.4 Å². The standard InChI is InChI=1S/C19H20FNO5/c1-13(26-16-9-7-15(20)8-10-16)19(23)25-12-18(22)21-11-14-5-3-4-6-17(14)24-2/h3-10,13H,11-12H2,1-2H3,(H,21,22)/t13-/m1/s1. The van der Waals surface area contributed by atoms with Crippen LogP contribution in [-0.4, -0.2) is 31.7 Å². The molecular formula is C19H20FNO5. The fourth-order valence-corrected chi connectivity index (χ4v) is 2.11. The number of rotatable bonds is 8. The van der Waals surface area contributed by atoms with Gasteiger partial charge in [0.1, 0.15) is 17.3 Å². The minimum atomic E-state index is -0.928. The van der Waals surface area contributed by atoms with Crippen molar-refractivity contribution in [2.24, 2.45) is 0 Å². The first kappa shape index (κ1) is 19.2. The molecule has 0 saturated carbocycles. The molecule has 0 radical (unpaired) electrons. The van der Waals surface area contributed by atoms with Gasteiger partial charge in [0, 0.05) is 12.1 Å². The number of carbonyl (C=O) groups excluding carboxylic acids is 2. The molecule has 2 rings (SSSR count). The Morgan fingerprint density at radius 2 is 1.81 bits per heavy atom. The van der Waals surface area contributed by atoms with Crippen LogP contribution < -0.4 is 14.8 Å². The molecule has 0 spiro atoms. The van der Waals surface area contributed by atoms with Gasteiger partial charge in [0.2, 0.25) is 0 Å². The van der Waals surface area contributed by atoms with Gasteiger partial charge in [-0.1, -0.05) is 18.2 Å². The molecule has 0 aliphatic heterocycles. The summed E-state index contributed by atoms with van der Waals surface area (Å²) in [6, 6.07) is 12.5. The molecule has 138 valence electrons. The SMILES string of the molecule is COc1ccccc1CNC(=O)COC(=O)[C@@H](C)Oc1ccc(F)cc1. The molecule has 1 atom stereocenters. The van der Waals surface area contributed by atoms with E-state index in [4.69, 9.17) is 14.2 Å². The van der Waals surface area contributed by atoms with Gasteiger partial charge in [0.25, 0.3) is 5.91 Å². The molecule has 6 nitrogen and oxygen atoms in total. The van der Waals surface area contributed by atoms with Crippen molar-refractivity contribution < 1.29 is 28.2 Å². The van der Waals surface area contributed by atoms with Crippen LogP contribution in [0.15, 0.2) is 48.5 Å². The lowest BCUT2D eigenvalue weighted by atomic mass is 10.2. The van der Waals surface area contributed by atoms with Crippen molar-refractivity contribution in [3.05, 3.63) is 59.9 Å². The number of ether oxygens (including phenoxy) is 3. The van der Waals surface area contributed by atoms with Gasteiger partial charge >= 0.3 is 5.97 Å². The summed E-state index contributed by atoms with van der Waals surface area (Å²) < 4.78 is 28.3. The second kappa shape index (κ2) is 9.41. The van der Waals surface area contributed by atoms with Crippen LogP contribution in [0.4, 0.5) is 4.39 Å². The first-order valence-corrected chi connectivity index (χ1v) is 7.97. The average molecular weight is 361 g/mol. The third kappa shape index (κ3) is 5.77. The Kier molecular flexibility index (Phi) is 6.96. The molecule has 0 heterocycles. The van der Waals surface area contributed by atoms with E-state index in [1.54, 1.807) is 13.2 Å². The number of benzene rings is 2. The highest BCUT2D eigenvalue weighted by Gasteiger charge is 2.18. The Morgan fingerprint density at radius 3 is 2.50 bits per heavy atom. The number of hydrogen-bond donors (Lipinski definition) is 1. The highest BCUT2D eigenvalue weighted by atomic mass is 19.1. The zero-order valence-electron chi connectivity index (χ0n) is 14.5. The topological polar surface area (TPSA) is 73.9 Å². The molecule has 0 aromatic heterocycles. The summed E-state index contributed by atoms with van der Waals surface area (Å²) in [4.78, 5) is 23.7. The Hall–Kier alpha value is -3.09. The highest BCUT2D eigenvalue weighted by molar-refractivity contribution is 5.82. The minimum Gasteiger partial charge on any atom is -0.496 e. The second-order valence-corrected chi connectivity index (χ2v) is 5.41. The molecule has 2 aromatic carbocycles. The van der Waals surface area contributed by atoms with Crippen LogP contribution in [-0.2, 0) is 20.9 Å². The summed E-state index contributed by atoms with van der Waals surface area (Å²) in [5.41, 5.74) is 0.808. The fraction of sp³-hybridized carbons (Fsp3) is 0.263. The smallest absolute Gasteiger partial charge is 0.347 e. The van der Waals surface area contributed by atoms with Crippen LogP contribution in [0.5, 0.6) is 11.5 Å². The Balaban J connectivity index is 1.75. The van der Waals surface area contributed by atoms with Crippen molar-refractivity contribution in [1.29, 1.82) is 0 Å². The Labute approximate surface area is 150 Å². The molecule has 26 heavy (non-hydrogen) atoms. The van der Waals surface area contributed by atoms with E-state index in [1.165, 1.54) is 31.2 Å². The minimum absolute atomic E-state index is 0.252. The van der Waals surface area contributed by atoms with Gasteiger partial charge in [-0.25, -0.2) is 9.18 Å². The van der Waals surface area contributed by atoms with Gasteiger partial charge < -0.3 is 19.5 Å². The predicted octanol–water partition coefficient (Wildman–Crippen LogP) is 2.46. The van der Waals surface area contributed by atoms with Gasteiger partial charge in [-0.3, -0.25) is 4.79 Å². The van der Waals surface area contributed by atoms with Crippen molar-refractivity contribution in [1.82, 2.24) is 5.32 Å². The monoisotopic (exact) mass is 361 g/mol. The number of nitrogens with one attached hydrogen (secondary N) is 1. The molecule has 2 aromatic rings. The third-order valence-corrected chi connectivity index (χ3v) is 3.47. The van der Waals surface area contributed by atoms with Crippen LogP contribution in [0.2, 0.25) is 0 Å². The van der Waals surface area contributed by atoms with E-state index in [2.05, 4.69) is 5.32 Å². The normalized spacial score (nSPS) is 11.3. The van der Waals surface area contributed by atoms with Crippen molar-refractivity contribution in [3.8, 4) is 11.5 Å². The molecule has 0 bridgehead atoms. The van der Waals surface area contributed by atoms with Crippen LogP contribution in [0.1, 0.15) is 12.5 Å². The number of hydrogen-bond acceptors (Lipinski definition) is 5. The van der Waals surface area contributed by atoms with Crippen LogP contribution in [0.3, 0.4) is 0 Å². The van der Waals surface area contributed by atoms with Crippen molar-refractivity contribution >= 4 is 11.9 Å². The summed E-state index contributed by atoms with van der Waals surface area (Å²) in [6.45, 7) is 1.31. The van der Waals surface area contributed by atoms with Crippen molar-refractivity contribution in [2.45, 2.75) is 19.6 Å². The average Bonchev–Trinajstić information content (AvgIpc) is 2.66. The first-order chi connectivity index (χ1) is 12.5. The van der Waals surface area contributed by atoms with Crippen molar-refractivity contribution in [2.75, 3.05) is 13.7 Å².